The Morgan fingerprint density at radius 2 is 0.333 bits per heavy atom. The first-order chi connectivity index (χ1) is 20.5. The molecule has 6 nitrogen and oxygen atoms in total. The highest BCUT2D eigenvalue weighted by Crippen LogP contribution is 2.05. The molecule has 0 bridgehead atoms. The van der Waals surface area contributed by atoms with Crippen LogP contribution in [0.4, 0.5) is 0 Å². The molecule has 0 spiro atoms. The van der Waals surface area contributed by atoms with Gasteiger partial charge in [-0.15, -0.1) is 92.8 Å². The van der Waals surface area contributed by atoms with E-state index in [9.17, 15) is 0 Å². The molecule has 0 rings (SSSR count). The molecule has 0 N–H and O–H groups in total. The summed E-state index contributed by atoms with van der Waals surface area (Å²) in [5.74, 6) is 4.94. The van der Waals surface area contributed by atoms with Gasteiger partial charge in [-0.25, -0.2) is 0 Å². The molecule has 0 atom stereocenters. The minimum Gasteiger partial charge on any atom is -0.301 e. The van der Waals surface area contributed by atoms with Crippen LogP contribution >= 0.6 is 92.8 Å². The molecule has 0 saturated heterocycles. The second-order valence-corrected chi connectivity index (χ2v) is 13.3. The summed E-state index contributed by atoms with van der Waals surface area (Å²) >= 11 is 48.4. The van der Waals surface area contributed by atoms with Gasteiger partial charge >= 0.3 is 0 Å². The summed E-state index contributed by atoms with van der Waals surface area (Å²) in [7, 11) is 0. The minimum atomic E-state index is 0.617. The Bertz CT molecular complexity index is 451. The molecule has 0 saturated carbocycles. The third-order valence-corrected chi connectivity index (χ3v) is 8.69. The van der Waals surface area contributed by atoms with Crippen LogP contribution in [0.1, 0.15) is 12.8 Å². The molecule has 0 fully saturated rings. The van der Waals surface area contributed by atoms with Crippen molar-refractivity contribution in [2.45, 2.75) is 12.8 Å². The van der Waals surface area contributed by atoms with Crippen LogP contribution in [0.25, 0.3) is 0 Å². The zero-order chi connectivity index (χ0) is 31.3. The highest BCUT2D eigenvalue weighted by atomic mass is 35.5. The van der Waals surface area contributed by atoms with Crippen LogP contribution in [-0.2, 0) is 0 Å². The average molecular weight is 760 g/mol. The van der Waals surface area contributed by atoms with Gasteiger partial charge in [-0.3, -0.25) is 19.6 Å². The normalized spacial score (nSPS) is 12.4. The van der Waals surface area contributed by atoms with Gasteiger partial charge in [0.2, 0.25) is 0 Å². The maximum absolute atomic E-state index is 6.05. The number of nitrogens with zero attached hydrogens (tertiary/aromatic N) is 6. The predicted molar refractivity (Wildman–Crippen MR) is 194 cm³/mol. The van der Waals surface area contributed by atoms with Gasteiger partial charge in [-0.2, -0.15) is 0 Å². The van der Waals surface area contributed by atoms with Crippen molar-refractivity contribution in [3.63, 3.8) is 0 Å². The van der Waals surface area contributed by atoms with Crippen molar-refractivity contribution in [2.75, 3.05) is 165 Å². The second kappa shape index (κ2) is 33.0. The third kappa shape index (κ3) is 25.2. The van der Waals surface area contributed by atoms with Crippen molar-refractivity contribution in [2.24, 2.45) is 0 Å². The number of unbranched alkanes of at least 4 members (excludes halogenated alkanes) is 1. The first-order valence-corrected chi connectivity index (χ1v) is 19.6. The molecular formula is C28H56Cl8N6. The fourth-order valence-corrected chi connectivity index (χ4v) is 6.68. The van der Waals surface area contributed by atoms with Crippen LogP contribution in [0, 0.1) is 0 Å². The molecule has 254 valence electrons. The zero-order valence-electron chi connectivity index (χ0n) is 25.5. The average Bonchev–Trinajstić information content (AvgIpc) is 2.97. The lowest BCUT2D eigenvalue weighted by atomic mass is 10.2. The molecule has 0 aliphatic carbocycles. The summed E-state index contributed by atoms with van der Waals surface area (Å²) in [4.78, 5) is 14.5. The van der Waals surface area contributed by atoms with E-state index in [2.05, 4.69) is 29.4 Å². The molecule has 14 heteroatoms. The zero-order valence-corrected chi connectivity index (χ0v) is 31.6. The quantitative estimate of drug-likeness (QED) is 0.0648. The Labute approximate surface area is 298 Å². The van der Waals surface area contributed by atoms with Gasteiger partial charge in [-0.1, -0.05) is 0 Å². The minimum absolute atomic E-state index is 0.617. The van der Waals surface area contributed by atoms with Gasteiger partial charge < -0.3 is 9.80 Å². The third-order valence-electron chi connectivity index (χ3n) is 7.33. The summed E-state index contributed by atoms with van der Waals surface area (Å²) < 4.78 is 0. The SMILES string of the molecule is ClCCN(CCCl)CCN(CCCCN(CCN(CCCl)CCCl)CCN(CCCl)CCCl)CCN(CCCl)CCCl. The lowest BCUT2D eigenvalue weighted by Gasteiger charge is -2.31. The molecule has 0 amide bonds. The van der Waals surface area contributed by atoms with Crippen LogP contribution in [0.3, 0.4) is 0 Å². The van der Waals surface area contributed by atoms with Crippen LogP contribution in [0.5, 0.6) is 0 Å². The molecule has 0 aromatic heterocycles. The Kier molecular flexibility index (Phi) is 34.6. The molecule has 0 radical (unpaired) electrons. The summed E-state index contributed by atoms with van der Waals surface area (Å²) in [5.41, 5.74) is 0. The number of alkyl halides is 8. The van der Waals surface area contributed by atoms with Crippen LogP contribution < -0.4 is 0 Å². The first-order valence-electron chi connectivity index (χ1n) is 15.3. The van der Waals surface area contributed by atoms with Crippen molar-refractivity contribution >= 4 is 92.8 Å². The molecule has 0 unspecified atom stereocenters. The van der Waals surface area contributed by atoms with E-state index < -0.39 is 0 Å². The van der Waals surface area contributed by atoms with Crippen molar-refractivity contribution in [1.82, 2.24) is 29.4 Å². The lowest BCUT2D eigenvalue weighted by Crippen LogP contribution is -2.43. The Morgan fingerprint density at radius 1 is 0.190 bits per heavy atom. The van der Waals surface area contributed by atoms with Crippen molar-refractivity contribution in [3.05, 3.63) is 0 Å². The Balaban J connectivity index is 5.16. The molecule has 0 heterocycles. The van der Waals surface area contributed by atoms with E-state index in [-0.39, 0.29) is 0 Å². The summed E-state index contributed by atoms with van der Waals surface area (Å²) in [6.45, 7) is 16.8. The van der Waals surface area contributed by atoms with Crippen molar-refractivity contribution in [1.29, 1.82) is 0 Å². The molecule has 0 aliphatic heterocycles. The molecule has 0 aliphatic rings. The van der Waals surface area contributed by atoms with Crippen LogP contribution in [0.2, 0.25) is 0 Å². The smallest absolute Gasteiger partial charge is 0.0351 e. The number of rotatable bonds is 33. The fourth-order valence-electron chi connectivity index (χ4n) is 4.77. The van der Waals surface area contributed by atoms with Gasteiger partial charge in [-0.05, 0) is 25.9 Å². The van der Waals surface area contributed by atoms with E-state index >= 15 is 0 Å². The van der Waals surface area contributed by atoms with Gasteiger partial charge in [0.05, 0.1) is 0 Å². The standard InChI is InChI=1S/C28H56Cl8N6/c29-3-13-39(14-4-30)25-21-37(22-26-40(15-5-31)16-6-32)11-1-2-12-38(23-27-41(17-7-33)18-8-34)24-28-42(19-9-35)20-10-36/h1-28H2. The van der Waals surface area contributed by atoms with Crippen molar-refractivity contribution in [3.8, 4) is 0 Å². The van der Waals surface area contributed by atoms with Crippen LogP contribution in [0.15, 0.2) is 0 Å². The monoisotopic (exact) mass is 756 g/mol. The Morgan fingerprint density at radius 3 is 0.476 bits per heavy atom. The summed E-state index contributed by atoms with van der Waals surface area (Å²) in [5, 5.41) is 0. The van der Waals surface area contributed by atoms with E-state index in [0.717, 1.165) is 131 Å². The Hall–Kier alpha value is 2.08. The number of hydrogen-bond acceptors (Lipinski definition) is 6. The lowest BCUT2D eigenvalue weighted by molar-refractivity contribution is 0.171. The maximum atomic E-state index is 6.05. The first kappa shape index (κ1) is 44.1. The largest absolute Gasteiger partial charge is 0.301 e. The summed E-state index contributed by atoms with van der Waals surface area (Å²) in [6.07, 6.45) is 2.26. The highest BCUT2D eigenvalue weighted by Gasteiger charge is 2.14. The molecule has 0 aromatic rings. The van der Waals surface area contributed by atoms with E-state index in [1.54, 1.807) is 0 Å². The van der Waals surface area contributed by atoms with E-state index in [4.69, 9.17) is 92.8 Å². The topological polar surface area (TPSA) is 19.4 Å². The number of halogens is 8. The fraction of sp³-hybridized carbons (Fsp3) is 1.00. The second-order valence-electron chi connectivity index (χ2n) is 10.3. The van der Waals surface area contributed by atoms with Gasteiger partial charge in [0, 0.05) is 152 Å². The maximum Gasteiger partial charge on any atom is 0.0351 e. The van der Waals surface area contributed by atoms with Gasteiger partial charge in [0.15, 0.2) is 0 Å². The molecule has 0 aromatic carbocycles. The van der Waals surface area contributed by atoms with E-state index in [1.165, 1.54) is 0 Å². The molecule has 42 heavy (non-hydrogen) atoms. The van der Waals surface area contributed by atoms with Crippen molar-refractivity contribution < 1.29 is 0 Å². The number of hydrogen-bond donors (Lipinski definition) is 0. The van der Waals surface area contributed by atoms with Gasteiger partial charge in [0.25, 0.3) is 0 Å². The van der Waals surface area contributed by atoms with Gasteiger partial charge in [0.1, 0.15) is 0 Å². The van der Waals surface area contributed by atoms with Crippen LogP contribution in [-0.4, -0.2) is 194 Å². The van der Waals surface area contributed by atoms with E-state index in [0.29, 0.717) is 47.0 Å². The summed E-state index contributed by atoms with van der Waals surface area (Å²) in [6, 6.07) is 0. The highest BCUT2D eigenvalue weighted by molar-refractivity contribution is 6.19. The molecular weight excluding hydrogens is 704 g/mol. The van der Waals surface area contributed by atoms with E-state index in [1.807, 2.05) is 0 Å². The predicted octanol–water partition coefficient (Wildman–Crippen LogP) is 5.49.